The van der Waals surface area contributed by atoms with E-state index in [1.807, 2.05) is 0 Å². The lowest BCUT2D eigenvalue weighted by molar-refractivity contribution is -0.385. The number of hydrogen-bond acceptors (Lipinski definition) is 5. The molecular formula is C15H14ClNO5. The minimum Gasteiger partial charge on any atom is -0.493 e. The summed E-state index contributed by atoms with van der Waals surface area (Å²) in [6.45, 7) is -0.110. The summed E-state index contributed by atoms with van der Waals surface area (Å²) >= 11 is 6.00. The molecule has 1 atom stereocenters. The Morgan fingerprint density at radius 2 is 2.00 bits per heavy atom. The number of nitrogens with zero attached hydrogens (tertiary/aromatic N) is 1. The molecule has 1 unspecified atom stereocenters. The summed E-state index contributed by atoms with van der Waals surface area (Å²) < 4.78 is 10.5. The van der Waals surface area contributed by atoms with Crippen molar-refractivity contribution in [2.45, 2.75) is 6.10 Å². The SMILES string of the molecule is COc1ccc([N+](=O)[O-])cc1OCC(O)c1ccccc1Cl. The number of rotatable bonds is 6. The van der Waals surface area contributed by atoms with Gasteiger partial charge in [0.2, 0.25) is 0 Å². The quantitative estimate of drug-likeness (QED) is 0.651. The van der Waals surface area contributed by atoms with Crippen LogP contribution in [0.4, 0.5) is 5.69 Å². The van der Waals surface area contributed by atoms with Crippen LogP contribution in [0.3, 0.4) is 0 Å². The molecule has 2 aromatic rings. The summed E-state index contributed by atoms with van der Waals surface area (Å²) in [5.74, 6) is 0.528. The number of nitro benzene ring substituents is 1. The number of halogens is 1. The number of methoxy groups -OCH3 is 1. The van der Waals surface area contributed by atoms with Gasteiger partial charge in [0.05, 0.1) is 18.1 Å². The van der Waals surface area contributed by atoms with Crippen molar-refractivity contribution < 1.29 is 19.5 Å². The van der Waals surface area contributed by atoms with E-state index in [4.69, 9.17) is 21.1 Å². The molecule has 0 saturated carbocycles. The van der Waals surface area contributed by atoms with Gasteiger partial charge < -0.3 is 14.6 Å². The van der Waals surface area contributed by atoms with Crippen LogP contribution in [0.1, 0.15) is 11.7 Å². The zero-order valence-electron chi connectivity index (χ0n) is 11.7. The number of hydrogen-bond donors (Lipinski definition) is 1. The summed E-state index contributed by atoms with van der Waals surface area (Å²) in [5, 5.41) is 21.3. The number of ether oxygens (including phenoxy) is 2. The molecule has 2 rings (SSSR count). The van der Waals surface area contributed by atoms with Gasteiger partial charge in [0.15, 0.2) is 11.5 Å². The summed E-state index contributed by atoms with van der Waals surface area (Å²) in [6, 6.07) is 10.8. The average Bonchev–Trinajstić information content (AvgIpc) is 2.52. The second kappa shape index (κ2) is 7.11. The highest BCUT2D eigenvalue weighted by atomic mass is 35.5. The predicted molar refractivity (Wildman–Crippen MR) is 81.6 cm³/mol. The van der Waals surface area contributed by atoms with E-state index < -0.39 is 11.0 Å². The molecule has 6 nitrogen and oxygen atoms in total. The van der Waals surface area contributed by atoms with Crippen LogP contribution in [-0.2, 0) is 0 Å². The Bertz CT molecular complexity index is 677. The van der Waals surface area contributed by atoms with Gasteiger partial charge in [-0.2, -0.15) is 0 Å². The highest BCUT2D eigenvalue weighted by Gasteiger charge is 2.16. The maximum atomic E-state index is 10.8. The smallest absolute Gasteiger partial charge is 0.273 e. The fourth-order valence-electron chi connectivity index (χ4n) is 1.90. The van der Waals surface area contributed by atoms with E-state index in [0.717, 1.165) is 0 Å². The molecule has 0 aliphatic carbocycles. The van der Waals surface area contributed by atoms with E-state index in [9.17, 15) is 15.2 Å². The Labute approximate surface area is 132 Å². The van der Waals surface area contributed by atoms with Crippen molar-refractivity contribution in [3.05, 3.63) is 63.2 Å². The van der Waals surface area contributed by atoms with Gasteiger partial charge in [-0.1, -0.05) is 29.8 Å². The number of benzene rings is 2. The van der Waals surface area contributed by atoms with Gasteiger partial charge in [-0.15, -0.1) is 0 Å². The molecule has 0 bridgehead atoms. The standard InChI is InChI=1S/C15H14ClNO5/c1-21-14-7-6-10(17(19)20)8-15(14)22-9-13(18)11-4-2-3-5-12(11)16/h2-8,13,18H,9H2,1H3. The molecule has 116 valence electrons. The number of aliphatic hydroxyl groups excluding tert-OH is 1. The van der Waals surface area contributed by atoms with Crippen LogP contribution in [0, 0.1) is 10.1 Å². The number of non-ortho nitro benzene ring substituents is 1. The third-order valence-corrected chi connectivity index (χ3v) is 3.36. The molecule has 1 N–H and O–H groups in total. The predicted octanol–water partition coefficient (Wildman–Crippen LogP) is 3.37. The zero-order valence-corrected chi connectivity index (χ0v) is 12.5. The molecule has 0 fully saturated rings. The zero-order chi connectivity index (χ0) is 16.1. The van der Waals surface area contributed by atoms with Crippen LogP contribution in [0.2, 0.25) is 5.02 Å². The first-order valence-corrected chi connectivity index (χ1v) is 6.78. The minimum atomic E-state index is -0.960. The molecule has 0 saturated heterocycles. The van der Waals surface area contributed by atoms with Gasteiger partial charge in [0.1, 0.15) is 12.7 Å². The van der Waals surface area contributed by atoms with Crippen LogP contribution in [0.25, 0.3) is 0 Å². The molecule has 0 spiro atoms. The number of aliphatic hydroxyl groups is 1. The third-order valence-electron chi connectivity index (χ3n) is 3.02. The Kier molecular flexibility index (Phi) is 5.19. The van der Waals surface area contributed by atoms with Gasteiger partial charge in [-0.05, 0) is 12.1 Å². The summed E-state index contributed by atoms with van der Waals surface area (Å²) in [4.78, 5) is 10.3. The van der Waals surface area contributed by atoms with Gasteiger partial charge in [0.25, 0.3) is 5.69 Å². The topological polar surface area (TPSA) is 81.8 Å². The van der Waals surface area contributed by atoms with E-state index in [1.54, 1.807) is 24.3 Å². The fraction of sp³-hybridized carbons (Fsp3) is 0.200. The Hall–Kier alpha value is -2.31. The van der Waals surface area contributed by atoms with E-state index >= 15 is 0 Å². The summed E-state index contributed by atoms with van der Waals surface area (Å²) in [7, 11) is 1.43. The second-order valence-corrected chi connectivity index (χ2v) is 4.85. The second-order valence-electron chi connectivity index (χ2n) is 4.44. The first kappa shape index (κ1) is 16.1. The van der Waals surface area contributed by atoms with Crippen LogP contribution in [0.5, 0.6) is 11.5 Å². The third kappa shape index (κ3) is 3.66. The van der Waals surface area contributed by atoms with Crippen molar-refractivity contribution in [2.75, 3.05) is 13.7 Å². The van der Waals surface area contributed by atoms with E-state index in [0.29, 0.717) is 16.3 Å². The van der Waals surface area contributed by atoms with Crippen molar-refractivity contribution in [3.63, 3.8) is 0 Å². The lowest BCUT2D eigenvalue weighted by Crippen LogP contribution is -2.10. The minimum absolute atomic E-state index is 0.110. The van der Waals surface area contributed by atoms with E-state index in [1.165, 1.54) is 25.3 Å². The first-order chi connectivity index (χ1) is 10.5. The highest BCUT2D eigenvalue weighted by molar-refractivity contribution is 6.31. The summed E-state index contributed by atoms with van der Waals surface area (Å²) in [5.41, 5.74) is 0.400. The lowest BCUT2D eigenvalue weighted by atomic mass is 10.1. The van der Waals surface area contributed by atoms with Gasteiger partial charge in [-0.25, -0.2) is 0 Å². The maximum absolute atomic E-state index is 10.8. The molecular weight excluding hydrogens is 310 g/mol. The normalized spacial score (nSPS) is 11.8. The number of nitro groups is 1. The van der Waals surface area contributed by atoms with Crippen molar-refractivity contribution in [2.24, 2.45) is 0 Å². The summed E-state index contributed by atoms with van der Waals surface area (Å²) in [6.07, 6.45) is -0.960. The molecule has 0 aromatic heterocycles. The first-order valence-electron chi connectivity index (χ1n) is 6.40. The van der Waals surface area contributed by atoms with Crippen LogP contribution < -0.4 is 9.47 Å². The Morgan fingerprint density at radius 3 is 2.64 bits per heavy atom. The van der Waals surface area contributed by atoms with Crippen molar-refractivity contribution in [1.82, 2.24) is 0 Å². The molecule has 2 aromatic carbocycles. The van der Waals surface area contributed by atoms with E-state index in [-0.39, 0.29) is 18.0 Å². The van der Waals surface area contributed by atoms with Crippen molar-refractivity contribution in [1.29, 1.82) is 0 Å². The van der Waals surface area contributed by atoms with Crippen LogP contribution in [0.15, 0.2) is 42.5 Å². The maximum Gasteiger partial charge on any atom is 0.273 e. The molecule has 0 radical (unpaired) electrons. The van der Waals surface area contributed by atoms with Gasteiger partial charge in [0, 0.05) is 16.7 Å². The molecule has 22 heavy (non-hydrogen) atoms. The molecule has 0 aliphatic rings. The van der Waals surface area contributed by atoms with Crippen LogP contribution >= 0.6 is 11.6 Å². The lowest BCUT2D eigenvalue weighted by Gasteiger charge is -2.15. The fourth-order valence-corrected chi connectivity index (χ4v) is 2.16. The monoisotopic (exact) mass is 323 g/mol. The Balaban J connectivity index is 2.15. The molecule has 0 heterocycles. The van der Waals surface area contributed by atoms with Gasteiger partial charge in [-0.3, -0.25) is 10.1 Å². The highest BCUT2D eigenvalue weighted by Crippen LogP contribution is 2.32. The van der Waals surface area contributed by atoms with Crippen LogP contribution in [-0.4, -0.2) is 23.7 Å². The molecule has 0 amide bonds. The van der Waals surface area contributed by atoms with Gasteiger partial charge >= 0.3 is 0 Å². The van der Waals surface area contributed by atoms with E-state index in [2.05, 4.69) is 0 Å². The largest absolute Gasteiger partial charge is 0.493 e. The average molecular weight is 324 g/mol. The van der Waals surface area contributed by atoms with Crippen molar-refractivity contribution in [3.8, 4) is 11.5 Å². The molecule has 7 heteroatoms. The van der Waals surface area contributed by atoms with Crippen molar-refractivity contribution >= 4 is 17.3 Å². The Morgan fingerprint density at radius 1 is 1.27 bits per heavy atom. The molecule has 0 aliphatic heterocycles.